The molecule has 0 aliphatic carbocycles. The molecule has 0 radical (unpaired) electrons. The molecule has 1 heterocycles. The highest BCUT2D eigenvalue weighted by atomic mass is 16.8. The Bertz CT molecular complexity index is 528. The third-order valence-electron chi connectivity index (χ3n) is 2.51. The zero-order chi connectivity index (χ0) is 14.0. The molecule has 1 aliphatic heterocycles. The minimum absolute atomic E-state index is 0.0233. The molecule has 1 aromatic carbocycles. The molecule has 100 valence electrons. The van der Waals surface area contributed by atoms with Gasteiger partial charge in [0, 0.05) is 11.3 Å². The number of carbonyl (C=O) groups excluding carboxylic acids is 1. The van der Waals surface area contributed by atoms with Gasteiger partial charge >= 0.3 is 12.2 Å². The van der Waals surface area contributed by atoms with Crippen LogP contribution in [0.3, 0.4) is 0 Å². The van der Waals surface area contributed by atoms with Crippen LogP contribution in [0.1, 0.15) is 5.56 Å². The van der Waals surface area contributed by atoms with Crippen LogP contribution in [0, 0.1) is 5.41 Å². The first-order chi connectivity index (χ1) is 8.97. The van der Waals surface area contributed by atoms with Crippen LogP contribution in [0.15, 0.2) is 24.3 Å². The molecule has 1 unspecified atom stereocenters. The third-order valence-corrected chi connectivity index (χ3v) is 2.51. The van der Waals surface area contributed by atoms with E-state index < -0.39 is 18.5 Å². The minimum atomic E-state index is -1.51. The number of hydrogen-bond acceptors (Lipinski definition) is 5. The molecule has 0 saturated carbocycles. The van der Waals surface area contributed by atoms with E-state index >= 15 is 0 Å². The number of nitrogens with one attached hydrogen (secondary N) is 1. The van der Waals surface area contributed by atoms with Crippen LogP contribution in [-0.2, 0) is 9.47 Å². The SMILES string of the molecule is N=C(N)c1ccc(N2CC(OC(=O)O)OC2=O)cc1. The largest absolute Gasteiger partial charge is 0.508 e. The highest BCUT2D eigenvalue weighted by Crippen LogP contribution is 2.22. The fourth-order valence-corrected chi connectivity index (χ4v) is 1.64. The van der Waals surface area contributed by atoms with Gasteiger partial charge in [0.2, 0.25) is 0 Å². The number of nitrogen functional groups attached to an aromatic ring is 1. The monoisotopic (exact) mass is 265 g/mol. The van der Waals surface area contributed by atoms with E-state index in [1.807, 2.05) is 0 Å². The number of cyclic esters (lactones) is 1. The van der Waals surface area contributed by atoms with E-state index in [2.05, 4.69) is 4.74 Å². The summed E-state index contributed by atoms with van der Waals surface area (Å²) in [5.41, 5.74) is 6.34. The third kappa shape index (κ3) is 2.73. The summed E-state index contributed by atoms with van der Waals surface area (Å²) in [6.45, 7) is -0.0233. The van der Waals surface area contributed by atoms with Crippen molar-refractivity contribution in [3.05, 3.63) is 29.8 Å². The van der Waals surface area contributed by atoms with Crippen molar-refractivity contribution in [2.45, 2.75) is 6.29 Å². The molecule has 1 aliphatic rings. The zero-order valence-corrected chi connectivity index (χ0v) is 9.70. The number of hydrogen-bond donors (Lipinski definition) is 3. The predicted octanol–water partition coefficient (Wildman–Crippen LogP) is 0.948. The van der Waals surface area contributed by atoms with E-state index in [1.165, 1.54) is 4.90 Å². The Hall–Kier alpha value is -2.77. The van der Waals surface area contributed by atoms with Gasteiger partial charge in [0.15, 0.2) is 0 Å². The summed E-state index contributed by atoms with van der Waals surface area (Å²) < 4.78 is 9.11. The summed E-state index contributed by atoms with van der Waals surface area (Å²) >= 11 is 0. The van der Waals surface area contributed by atoms with Crippen LogP contribution in [-0.4, -0.2) is 36.0 Å². The lowest BCUT2D eigenvalue weighted by Crippen LogP contribution is -2.26. The van der Waals surface area contributed by atoms with Gasteiger partial charge in [-0.25, -0.2) is 9.59 Å². The molecule has 19 heavy (non-hydrogen) atoms. The van der Waals surface area contributed by atoms with Crippen LogP contribution in [0.2, 0.25) is 0 Å². The highest BCUT2D eigenvalue weighted by molar-refractivity contribution is 5.96. The van der Waals surface area contributed by atoms with Crippen molar-refractivity contribution in [3.63, 3.8) is 0 Å². The summed E-state index contributed by atoms with van der Waals surface area (Å²) in [6, 6.07) is 6.33. The van der Waals surface area contributed by atoms with Gasteiger partial charge < -0.3 is 20.3 Å². The number of nitrogens with two attached hydrogens (primary N) is 1. The predicted molar refractivity (Wildman–Crippen MR) is 64.2 cm³/mol. The van der Waals surface area contributed by atoms with E-state index in [1.54, 1.807) is 24.3 Å². The fourth-order valence-electron chi connectivity index (χ4n) is 1.64. The summed E-state index contributed by atoms with van der Waals surface area (Å²) in [5, 5.41) is 15.7. The number of ether oxygens (including phenoxy) is 2. The van der Waals surface area contributed by atoms with E-state index in [0.717, 1.165) is 0 Å². The summed E-state index contributed by atoms with van der Waals surface area (Å²) in [7, 11) is 0. The van der Waals surface area contributed by atoms with Gasteiger partial charge in [-0.2, -0.15) is 0 Å². The lowest BCUT2D eigenvalue weighted by Gasteiger charge is -2.12. The summed E-state index contributed by atoms with van der Waals surface area (Å²) in [5.74, 6) is -0.0809. The Morgan fingerprint density at radius 2 is 2.11 bits per heavy atom. The Labute approximate surface area is 107 Å². The Morgan fingerprint density at radius 3 is 2.63 bits per heavy atom. The van der Waals surface area contributed by atoms with Gasteiger partial charge in [0.1, 0.15) is 12.4 Å². The van der Waals surface area contributed by atoms with Gasteiger partial charge in [-0.1, -0.05) is 0 Å². The maximum absolute atomic E-state index is 11.5. The molecule has 0 aromatic heterocycles. The standard InChI is InChI=1S/C11H11N3O5/c12-9(13)6-1-3-7(4-2-6)14-5-8(18-10(14)15)19-11(16)17/h1-4,8H,5H2,(H3,12,13)(H,16,17). The van der Waals surface area contributed by atoms with Crippen LogP contribution >= 0.6 is 0 Å². The molecule has 2 rings (SSSR count). The van der Waals surface area contributed by atoms with Crippen LogP contribution < -0.4 is 10.6 Å². The topological polar surface area (TPSA) is 126 Å². The van der Waals surface area contributed by atoms with E-state index in [-0.39, 0.29) is 12.4 Å². The summed E-state index contributed by atoms with van der Waals surface area (Å²) in [4.78, 5) is 23.1. The normalized spacial score (nSPS) is 18.0. The van der Waals surface area contributed by atoms with Crippen LogP contribution in [0.5, 0.6) is 0 Å². The second-order valence-corrected chi connectivity index (χ2v) is 3.77. The first kappa shape index (κ1) is 12.7. The van der Waals surface area contributed by atoms with Gasteiger partial charge in [-0.05, 0) is 24.3 Å². The van der Waals surface area contributed by atoms with Gasteiger partial charge in [0.25, 0.3) is 6.29 Å². The van der Waals surface area contributed by atoms with Crippen molar-refractivity contribution in [1.82, 2.24) is 0 Å². The highest BCUT2D eigenvalue weighted by Gasteiger charge is 2.34. The maximum atomic E-state index is 11.5. The second-order valence-electron chi connectivity index (χ2n) is 3.77. The molecule has 0 bridgehead atoms. The molecule has 8 heteroatoms. The molecule has 8 nitrogen and oxygen atoms in total. The number of carbonyl (C=O) groups is 2. The number of amides is 1. The van der Waals surface area contributed by atoms with Gasteiger partial charge in [-0.15, -0.1) is 0 Å². The Balaban J connectivity index is 2.11. The summed E-state index contributed by atoms with van der Waals surface area (Å²) in [6.07, 6.45) is -3.34. The van der Waals surface area contributed by atoms with Crippen molar-refractivity contribution in [2.24, 2.45) is 5.73 Å². The van der Waals surface area contributed by atoms with Crippen molar-refractivity contribution >= 4 is 23.8 Å². The van der Waals surface area contributed by atoms with Gasteiger partial charge in [-0.3, -0.25) is 10.3 Å². The van der Waals surface area contributed by atoms with Crippen LogP contribution in [0.25, 0.3) is 0 Å². The number of rotatable bonds is 3. The lowest BCUT2D eigenvalue weighted by atomic mass is 10.2. The molecular formula is C11H11N3O5. The molecule has 0 spiro atoms. The van der Waals surface area contributed by atoms with Gasteiger partial charge in [0.05, 0.1) is 0 Å². The molecule has 1 saturated heterocycles. The average molecular weight is 265 g/mol. The number of carboxylic acid groups (broad SMARTS) is 1. The second kappa shape index (κ2) is 4.84. The smallest absolute Gasteiger partial charge is 0.450 e. The number of nitrogens with zero attached hydrogens (tertiary/aromatic N) is 1. The number of anilines is 1. The first-order valence-corrected chi connectivity index (χ1v) is 5.29. The lowest BCUT2D eigenvalue weighted by molar-refractivity contribution is -0.0491. The fraction of sp³-hybridized carbons (Fsp3) is 0.182. The number of amidine groups is 1. The first-order valence-electron chi connectivity index (χ1n) is 5.29. The van der Waals surface area contributed by atoms with Crippen molar-refractivity contribution < 1.29 is 24.2 Å². The average Bonchev–Trinajstić information content (AvgIpc) is 2.69. The molecule has 4 N–H and O–H groups in total. The van der Waals surface area contributed by atoms with Crippen molar-refractivity contribution in [3.8, 4) is 0 Å². The van der Waals surface area contributed by atoms with E-state index in [4.69, 9.17) is 21.0 Å². The maximum Gasteiger partial charge on any atom is 0.508 e. The molecule has 1 atom stereocenters. The molecule has 1 aromatic rings. The van der Waals surface area contributed by atoms with E-state index in [9.17, 15) is 9.59 Å². The van der Waals surface area contributed by atoms with Crippen molar-refractivity contribution in [2.75, 3.05) is 11.4 Å². The van der Waals surface area contributed by atoms with Crippen LogP contribution in [0.4, 0.5) is 15.3 Å². The molecule has 1 fully saturated rings. The quantitative estimate of drug-likeness (QED) is 0.424. The van der Waals surface area contributed by atoms with E-state index in [0.29, 0.717) is 11.3 Å². The Morgan fingerprint density at radius 1 is 1.47 bits per heavy atom. The molecule has 1 amide bonds. The molecular weight excluding hydrogens is 254 g/mol. The zero-order valence-electron chi connectivity index (χ0n) is 9.70. The Kier molecular flexibility index (Phi) is 3.23. The number of benzene rings is 1. The van der Waals surface area contributed by atoms with Crippen molar-refractivity contribution in [1.29, 1.82) is 5.41 Å². The minimum Gasteiger partial charge on any atom is -0.450 e.